The van der Waals surface area contributed by atoms with Gasteiger partial charge >= 0.3 is 5.97 Å². The van der Waals surface area contributed by atoms with Crippen molar-refractivity contribution in [3.8, 4) is 0 Å². The van der Waals surface area contributed by atoms with Crippen LogP contribution in [0.3, 0.4) is 0 Å². The summed E-state index contributed by atoms with van der Waals surface area (Å²) in [7, 11) is 0. The fourth-order valence-corrected chi connectivity index (χ4v) is 7.79. The zero-order valence-electron chi connectivity index (χ0n) is 29.9. The van der Waals surface area contributed by atoms with E-state index in [-0.39, 0.29) is 53.1 Å². The molecule has 4 N–H and O–H groups in total. The second-order valence-corrected chi connectivity index (χ2v) is 14.2. The molecule has 1 aromatic heterocycles. The van der Waals surface area contributed by atoms with Gasteiger partial charge in [0, 0.05) is 34.2 Å². The van der Waals surface area contributed by atoms with Crippen LogP contribution in [0.25, 0.3) is 0 Å². The van der Waals surface area contributed by atoms with Crippen molar-refractivity contribution in [3.05, 3.63) is 172 Å². The lowest BCUT2D eigenvalue weighted by molar-refractivity contribution is -0.159. The quantitative estimate of drug-likeness (QED) is 0.0550. The van der Waals surface area contributed by atoms with E-state index in [1.807, 2.05) is 91.0 Å². The van der Waals surface area contributed by atoms with Crippen LogP contribution >= 0.6 is 11.3 Å². The lowest BCUT2D eigenvalue weighted by atomic mass is 9.80. The van der Waals surface area contributed by atoms with E-state index in [0.717, 1.165) is 16.2 Å². The number of fused-ring (bicyclic) bond motifs is 1. The number of β-lactam (4-membered cyclic amide) rings is 1. The highest BCUT2D eigenvalue weighted by atomic mass is 32.1. The van der Waals surface area contributed by atoms with E-state index in [9.17, 15) is 28.7 Å². The average Bonchev–Trinajstić information content (AvgIpc) is 3.83. The van der Waals surface area contributed by atoms with E-state index in [2.05, 4.69) is 15.5 Å². The molecular weight excluding hydrogens is 752 g/mol. The Hall–Kier alpha value is -7.13. The van der Waals surface area contributed by atoms with Crippen molar-refractivity contribution in [2.45, 2.75) is 24.1 Å². The summed E-state index contributed by atoms with van der Waals surface area (Å²) in [6, 6.07) is 31.9. The minimum atomic E-state index is -1.48. The number of benzene rings is 4. The molecule has 0 aliphatic carbocycles. The minimum absolute atomic E-state index is 0.0901. The van der Waals surface area contributed by atoms with Gasteiger partial charge in [-0.15, -0.1) is 11.3 Å². The van der Waals surface area contributed by atoms with Gasteiger partial charge in [-0.05, 0) is 24.6 Å². The topological polar surface area (TPSA) is 177 Å². The van der Waals surface area contributed by atoms with Crippen molar-refractivity contribution in [2.24, 2.45) is 5.16 Å². The molecule has 13 nitrogen and oxygen atoms in total. The number of carboxylic acids is 1. The molecule has 2 saturated heterocycles. The van der Waals surface area contributed by atoms with Crippen LogP contribution in [-0.4, -0.2) is 69.6 Å². The summed E-state index contributed by atoms with van der Waals surface area (Å²) in [5, 5.41) is 19.1. The molecule has 5 aromatic rings. The molecule has 2 fully saturated rings. The van der Waals surface area contributed by atoms with Crippen LogP contribution < -0.4 is 16.0 Å². The number of carboxylic acid groups (broad SMARTS) is 1. The zero-order chi connectivity index (χ0) is 39.7. The zero-order valence-corrected chi connectivity index (χ0v) is 30.8. The highest BCUT2D eigenvalue weighted by Crippen LogP contribution is 2.41. The molecule has 0 unspecified atom stereocenters. The lowest BCUT2D eigenvalue weighted by Crippen LogP contribution is -2.73. The Labute approximate surface area is 329 Å². The monoisotopic (exact) mass is 784 g/mol. The summed E-state index contributed by atoms with van der Waals surface area (Å²) in [5.74, 6) is -4.33. The van der Waals surface area contributed by atoms with Gasteiger partial charge in [-0.2, -0.15) is 0 Å². The van der Waals surface area contributed by atoms with Crippen LogP contribution in [0.1, 0.15) is 28.8 Å². The van der Waals surface area contributed by atoms with Crippen LogP contribution in [-0.2, 0) is 34.4 Å². The average molecular weight is 785 g/mol. The predicted octanol–water partition coefficient (Wildman–Crippen LogP) is 4.96. The number of aliphatic carboxylic acids is 1. The van der Waals surface area contributed by atoms with E-state index in [1.165, 1.54) is 34.6 Å². The Morgan fingerprint density at radius 3 is 2.11 bits per heavy atom. The second kappa shape index (κ2) is 15.2. The number of oxime groups is 1. The number of nitrogens with one attached hydrogen (secondary N) is 1. The number of amides is 3. The van der Waals surface area contributed by atoms with Crippen LogP contribution in [0.4, 0.5) is 15.2 Å². The third kappa shape index (κ3) is 6.67. The van der Waals surface area contributed by atoms with Gasteiger partial charge in [-0.25, -0.2) is 14.2 Å². The number of nitrogens with zero attached hydrogens (tertiary/aromatic N) is 4. The van der Waals surface area contributed by atoms with Crippen LogP contribution in [0.2, 0.25) is 0 Å². The first kappa shape index (κ1) is 36.8. The number of aromatic nitrogens is 1. The van der Waals surface area contributed by atoms with E-state index in [4.69, 9.17) is 15.3 Å². The number of para-hydroxylation sites is 1. The molecule has 4 heterocycles. The van der Waals surface area contributed by atoms with E-state index < -0.39 is 52.9 Å². The summed E-state index contributed by atoms with van der Waals surface area (Å²) in [5.41, 5.74) is 6.37. The largest absolute Gasteiger partial charge is 0.489 e. The fourth-order valence-electron chi connectivity index (χ4n) is 7.24. The second-order valence-electron chi connectivity index (χ2n) is 13.3. The Bertz CT molecular complexity index is 2380. The third-order valence-corrected chi connectivity index (χ3v) is 10.6. The Morgan fingerprint density at radius 1 is 0.947 bits per heavy atom. The van der Waals surface area contributed by atoms with E-state index in [0.29, 0.717) is 16.7 Å². The molecule has 15 heteroatoms. The standard InChI is InChI=1S/C42H33FN6O7S/c43-29-18-10-11-19-31(29)48-21-20-25(38(48)51)22-33-36(40(53)54)49-32(23-55-33)35(39(49)52)46-37(50)34(30-24-57-41(44)45-30)47-56-42(26-12-4-1-5-13-26,27-14-6-2-7-15-27)28-16-8-3-9-17-28/h1-19,22,24,32,35H,20-21,23H2,(H2,44,45)(H,46,50)(H,53,54)/t32-,35+/m1/s1. The maximum Gasteiger partial charge on any atom is 0.356 e. The number of halogens is 1. The molecule has 0 saturated carbocycles. The van der Waals surface area contributed by atoms with Crippen molar-refractivity contribution in [3.63, 3.8) is 0 Å². The molecule has 3 aliphatic heterocycles. The van der Waals surface area contributed by atoms with Gasteiger partial charge in [0.25, 0.3) is 17.7 Å². The molecule has 286 valence electrons. The maximum atomic E-state index is 14.5. The van der Waals surface area contributed by atoms with E-state index in [1.54, 1.807) is 6.07 Å². The van der Waals surface area contributed by atoms with Crippen molar-refractivity contribution < 1.29 is 38.2 Å². The highest BCUT2D eigenvalue weighted by Gasteiger charge is 2.55. The molecule has 3 amide bonds. The lowest BCUT2D eigenvalue weighted by Gasteiger charge is -2.49. The number of carbonyl (C=O) groups excluding carboxylic acids is 3. The first-order valence-electron chi connectivity index (χ1n) is 17.8. The van der Waals surface area contributed by atoms with Gasteiger partial charge in [0.1, 0.15) is 30.2 Å². The number of hydrogen-bond donors (Lipinski definition) is 3. The van der Waals surface area contributed by atoms with Crippen molar-refractivity contribution in [1.29, 1.82) is 0 Å². The molecule has 57 heavy (non-hydrogen) atoms. The fraction of sp³-hybridized carbons (Fsp3) is 0.143. The number of ether oxygens (including phenoxy) is 1. The number of thiazole rings is 1. The minimum Gasteiger partial charge on any atom is -0.489 e. The number of rotatable bonds is 11. The first-order valence-corrected chi connectivity index (χ1v) is 18.7. The number of hydrogen-bond acceptors (Lipinski definition) is 10. The molecule has 8 rings (SSSR count). The molecule has 2 atom stereocenters. The summed E-state index contributed by atoms with van der Waals surface area (Å²) in [6.07, 6.45) is 1.46. The summed E-state index contributed by atoms with van der Waals surface area (Å²) in [4.78, 5) is 66.9. The van der Waals surface area contributed by atoms with Crippen molar-refractivity contribution in [2.75, 3.05) is 23.8 Å². The Kier molecular flexibility index (Phi) is 9.81. The van der Waals surface area contributed by atoms with Gasteiger partial charge in [0.15, 0.2) is 22.3 Å². The summed E-state index contributed by atoms with van der Waals surface area (Å²) in [6.45, 7) is -0.0361. The third-order valence-electron chi connectivity index (χ3n) is 9.96. The highest BCUT2D eigenvalue weighted by molar-refractivity contribution is 7.13. The van der Waals surface area contributed by atoms with Gasteiger partial charge in [0.2, 0.25) is 5.60 Å². The molecule has 3 aliphatic rings. The number of allylic oxidation sites excluding steroid dienone is 1. The van der Waals surface area contributed by atoms with Crippen LogP contribution in [0, 0.1) is 5.82 Å². The smallest absolute Gasteiger partial charge is 0.356 e. The van der Waals surface area contributed by atoms with Crippen LogP contribution in [0.5, 0.6) is 0 Å². The maximum absolute atomic E-state index is 14.5. The molecular formula is C42H33FN6O7S. The van der Waals surface area contributed by atoms with Gasteiger partial charge in [-0.3, -0.25) is 19.3 Å². The van der Waals surface area contributed by atoms with Crippen molar-refractivity contribution in [1.82, 2.24) is 15.2 Å². The molecule has 4 aromatic carbocycles. The number of anilines is 2. The molecule has 0 bridgehead atoms. The van der Waals surface area contributed by atoms with Crippen LogP contribution in [0.15, 0.2) is 149 Å². The Morgan fingerprint density at radius 2 is 1.54 bits per heavy atom. The number of carbonyl (C=O) groups is 4. The van der Waals surface area contributed by atoms with E-state index >= 15 is 0 Å². The van der Waals surface area contributed by atoms with Gasteiger partial charge in [-0.1, -0.05) is 108 Å². The van der Waals surface area contributed by atoms with Crippen molar-refractivity contribution >= 4 is 51.6 Å². The van der Waals surface area contributed by atoms with Gasteiger partial charge in [0.05, 0.1) is 5.69 Å². The number of nitrogens with two attached hydrogens (primary N) is 1. The predicted molar refractivity (Wildman–Crippen MR) is 208 cm³/mol. The Balaban J connectivity index is 1.10. The SMILES string of the molecule is Nc1nc(C(=NOC(c2ccccc2)(c2ccccc2)c2ccccc2)C(=O)N[C@@H]2C(=O)N3C(C(=O)O)=C(C=C4CCN(c5ccccc5F)C4=O)OC[C@H]23)cs1. The first-order chi connectivity index (χ1) is 27.7. The number of nitrogen functional groups attached to an aromatic ring is 1. The van der Waals surface area contributed by atoms with Gasteiger partial charge < -0.3 is 30.6 Å². The molecule has 0 radical (unpaired) electrons. The summed E-state index contributed by atoms with van der Waals surface area (Å²) >= 11 is 1.08. The summed E-state index contributed by atoms with van der Waals surface area (Å²) < 4.78 is 20.3. The normalized spacial score (nSPS) is 18.9. The molecule has 0 spiro atoms.